The van der Waals surface area contributed by atoms with Gasteiger partial charge in [-0.1, -0.05) is 12.1 Å². The molecule has 1 fully saturated rings. The molecule has 1 aromatic rings. The van der Waals surface area contributed by atoms with Crippen molar-refractivity contribution in [1.29, 1.82) is 0 Å². The Morgan fingerprint density at radius 1 is 1.45 bits per heavy atom. The van der Waals surface area contributed by atoms with Crippen molar-refractivity contribution in [3.8, 4) is 5.75 Å². The van der Waals surface area contributed by atoms with Crippen molar-refractivity contribution in [3.63, 3.8) is 0 Å². The van der Waals surface area contributed by atoms with Gasteiger partial charge in [-0.3, -0.25) is 0 Å². The van der Waals surface area contributed by atoms with Crippen LogP contribution >= 0.6 is 0 Å². The molecule has 20 heavy (non-hydrogen) atoms. The van der Waals surface area contributed by atoms with Gasteiger partial charge in [0.25, 0.3) is 0 Å². The van der Waals surface area contributed by atoms with Crippen LogP contribution in [0.15, 0.2) is 18.2 Å². The highest BCUT2D eigenvalue weighted by atomic mass is 16.7. The Labute approximate surface area is 121 Å². The summed E-state index contributed by atoms with van der Waals surface area (Å²) in [5, 5.41) is 3.49. The summed E-state index contributed by atoms with van der Waals surface area (Å²) >= 11 is 0. The summed E-state index contributed by atoms with van der Waals surface area (Å²) in [6.07, 6.45) is 0.101. The van der Waals surface area contributed by atoms with E-state index < -0.39 is 5.79 Å². The fraction of sp³-hybridized carbons (Fsp3) is 0.625. The summed E-state index contributed by atoms with van der Waals surface area (Å²) in [6, 6.07) is 6.49. The van der Waals surface area contributed by atoms with Crippen molar-refractivity contribution in [3.05, 3.63) is 29.3 Å². The predicted octanol–water partition coefficient (Wildman–Crippen LogP) is 2.81. The Morgan fingerprint density at radius 3 is 2.80 bits per heavy atom. The number of benzene rings is 1. The smallest absolute Gasteiger partial charge is 0.163 e. The quantitative estimate of drug-likeness (QED) is 0.899. The highest BCUT2D eigenvalue weighted by molar-refractivity contribution is 5.39. The van der Waals surface area contributed by atoms with E-state index in [4.69, 9.17) is 14.2 Å². The molecule has 0 bridgehead atoms. The van der Waals surface area contributed by atoms with Gasteiger partial charge in [0.2, 0.25) is 0 Å². The lowest BCUT2D eigenvalue weighted by Gasteiger charge is -2.21. The second kappa shape index (κ2) is 6.12. The Morgan fingerprint density at radius 2 is 2.20 bits per heavy atom. The van der Waals surface area contributed by atoms with E-state index >= 15 is 0 Å². The van der Waals surface area contributed by atoms with E-state index in [-0.39, 0.29) is 12.1 Å². The van der Waals surface area contributed by atoms with E-state index in [1.807, 2.05) is 13.8 Å². The molecule has 2 atom stereocenters. The zero-order valence-electron chi connectivity index (χ0n) is 13.0. The third-order valence-corrected chi connectivity index (χ3v) is 3.57. The normalized spacial score (nSPS) is 22.8. The van der Waals surface area contributed by atoms with Crippen molar-refractivity contribution >= 4 is 0 Å². The van der Waals surface area contributed by atoms with Crippen LogP contribution in [-0.2, 0) is 9.47 Å². The fourth-order valence-corrected chi connectivity index (χ4v) is 2.46. The molecule has 4 nitrogen and oxygen atoms in total. The van der Waals surface area contributed by atoms with Crippen LogP contribution < -0.4 is 10.1 Å². The Kier molecular flexibility index (Phi) is 4.68. The molecule has 2 rings (SSSR count). The third kappa shape index (κ3) is 3.72. The van der Waals surface area contributed by atoms with Gasteiger partial charge in [0.1, 0.15) is 5.75 Å². The molecule has 1 aliphatic heterocycles. The van der Waals surface area contributed by atoms with Gasteiger partial charge in [-0.25, -0.2) is 0 Å². The Hall–Kier alpha value is -1.10. The Bertz CT molecular complexity index is 459. The van der Waals surface area contributed by atoms with E-state index in [2.05, 4.69) is 37.4 Å². The lowest BCUT2D eigenvalue weighted by molar-refractivity contribution is -0.137. The van der Waals surface area contributed by atoms with E-state index in [1.165, 1.54) is 5.56 Å². The van der Waals surface area contributed by atoms with E-state index in [9.17, 15) is 0 Å². The monoisotopic (exact) mass is 279 g/mol. The van der Waals surface area contributed by atoms with E-state index in [0.29, 0.717) is 6.61 Å². The second-order valence-corrected chi connectivity index (χ2v) is 5.83. The maximum Gasteiger partial charge on any atom is 0.163 e. The SMILES string of the molecule is COc1cc(C)ccc1C(C)NCC1COC(C)(C)O1. The first-order valence-corrected chi connectivity index (χ1v) is 7.11. The second-order valence-electron chi connectivity index (χ2n) is 5.83. The van der Waals surface area contributed by atoms with Gasteiger partial charge in [-0.2, -0.15) is 0 Å². The number of hydrogen-bond donors (Lipinski definition) is 1. The van der Waals surface area contributed by atoms with E-state index in [1.54, 1.807) is 7.11 Å². The number of nitrogens with one attached hydrogen (secondary N) is 1. The first kappa shape index (κ1) is 15.3. The highest BCUT2D eigenvalue weighted by Gasteiger charge is 2.32. The molecular formula is C16H25NO3. The molecule has 1 saturated heterocycles. The van der Waals surface area contributed by atoms with Crippen molar-refractivity contribution < 1.29 is 14.2 Å². The number of ether oxygens (including phenoxy) is 3. The molecule has 2 unspecified atom stereocenters. The maximum absolute atomic E-state index is 5.79. The summed E-state index contributed by atoms with van der Waals surface area (Å²) in [4.78, 5) is 0. The van der Waals surface area contributed by atoms with Crippen LogP contribution in [0.1, 0.15) is 37.9 Å². The first-order valence-electron chi connectivity index (χ1n) is 7.11. The van der Waals surface area contributed by atoms with Gasteiger partial charge in [-0.15, -0.1) is 0 Å². The molecule has 1 aromatic carbocycles. The third-order valence-electron chi connectivity index (χ3n) is 3.57. The number of methoxy groups -OCH3 is 1. The van der Waals surface area contributed by atoms with Gasteiger partial charge in [0, 0.05) is 18.2 Å². The molecule has 4 heteroatoms. The molecule has 1 aliphatic rings. The summed E-state index contributed by atoms with van der Waals surface area (Å²) in [5.41, 5.74) is 2.36. The molecule has 0 aromatic heterocycles. The van der Waals surface area contributed by atoms with Crippen molar-refractivity contribution in [2.75, 3.05) is 20.3 Å². The van der Waals surface area contributed by atoms with Crippen LogP contribution in [0.2, 0.25) is 0 Å². The predicted molar refractivity (Wildman–Crippen MR) is 79.1 cm³/mol. The number of hydrogen-bond acceptors (Lipinski definition) is 4. The summed E-state index contributed by atoms with van der Waals surface area (Å²) in [7, 11) is 1.71. The topological polar surface area (TPSA) is 39.7 Å². The van der Waals surface area contributed by atoms with Gasteiger partial charge >= 0.3 is 0 Å². The minimum atomic E-state index is -0.461. The van der Waals surface area contributed by atoms with Gasteiger partial charge < -0.3 is 19.5 Å². The first-order chi connectivity index (χ1) is 9.41. The largest absolute Gasteiger partial charge is 0.496 e. The Balaban J connectivity index is 1.94. The van der Waals surface area contributed by atoms with Crippen molar-refractivity contribution in [1.82, 2.24) is 5.32 Å². The van der Waals surface area contributed by atoms with Crippen LogP contribution in [-0.4, -0.2) is 32.2 Å². The zero-order valence-corrected chi connectivity index (χ0v) is 13.0. The molecule has 1 heterocycles. The summed E-state index contributed by atoms with van der Waals surface area (Å²) < 4.78 is 16.8. The van der Waals surface area contributed by atoms with Crippen LogP contribution in [0.5, 0.6) is 5.75 Å². The average Bonchev–Trinajstić information content (AvgIpc) is 2.75. The lowest BCUT2D eigenvalue weighted by Crippen LogP contribution is -2.32. The maximum atomic E-state index is 5.79. The molecule has 0 saturated carbocycles. The highest BCUT2D eigenvalue weighted by Crippen LogP contribution is 2.27. The van der Waals surface area contributed by atoms with Gasteiger partial charge in [0.15, 0.2) is 5.79 Å². The zero-order chi connectivity index (χ0) is 14.8. The molecule has 0 radical (unpaired) electrons. The number of aryl methyl sites for hydroxylation is 1. The minimum absolute atomic E-state index is 0.101. The lowest BCUT2D eigenvalue weighted by atomic mass is 10.0. The van der Waals surface area contributed by atoms with Gasteiger partial charge in [-0.05, 0) is 39.3 Å². The minimum Gasteiger partial charge on any atom is -0.496 e. The van der Waals surface area contributed by atoms with Crippen LogP contribution in [0.3, 0.4) is 0 Å². The molecule has 0 spiro atoms. The molecule has 112 valence electrons. The number of rotatable bonds is 5. The van der Waals surface area contributed by atoms with Crippen LogP contribution in [0, 0.1) is 6.92 Å². The molecule has 0 aliphatic carbocycles. The summed E-state index contributed by atoms with van der Waals surface area (Å²) in [5.74, 6) is 0.464. The summed E-state index contributed by atoms with van der Waals surface area (Å²) in [6.45, 7) is 9.49. The van der Waals surface area contributed by atoms with Crippen LogP contribution in [0.4, 0.5) is 0 Å². The van der Waals surface area contributed by atoms with Crippen molar-refractivity contribution in [2.24, 2.45) is 0 Å². The van der Waals surface area contributed by atoms with Gasteiger partial charge in [0.05, 0.1) is 19.8 Å². The average molecular weight is 279 g/mol. The van der Waals surface area contributed by atoms with E-state index in [0.717, 1.165) is 17.9 Å². The van der Waals surface area contributed by atoms with Crippen LogP contribution in [0.25, 0.3) is 0 Å². The fourth-order valence-electron chi connectivity index (χ4n) is 2.46. The molecule has 0 amide bonds. The molecular weight excluding hydrogens is 254 g/mol. The van der Waals surface area contributed by atoms with Crippen molar-refractivity contribution in [2.45, 2.75) is 45.6 Å². The standard InChI is InChI=1S/C16H25NO3/c1-11-6-7-14(15(8-11)18-5)12(2)17-9-13-10-19-16(3,4)20-13/h6-8,12-13,17H,9-10H2,1-5H3. The molecule has 1 N–H and O–H groups in total.